The largest absolute Gasteiger partial charge is 0.399 e. The topological polar surface area (TPSA) is 43.8 Å². The molecule has 1 fully saturated rings. The third-order valence-electron chi connectivity index (χ3n) is 4.26. The molecule has 106 valence electrons. The Labute approximate surface area is 124 Å². The van der Waals surface area contributed by atoms with Crippen LogP contribution in [0.3, 0.4) is 0 Å². The van der Waals surface area contributed by atoms with Gasteiger partial charge in [0.1, 0.15) is 5.82 Å². The smallest absolute Gasteiger partial charge is 0.117 e. The van der Waals surface area contributed by atoms with Crippen molar-refractivity contribution in [2.45, 2.75) is 32.1 Å². The summed E-state index contributed by atoms with van der Waals surface area (Å²) in [6.07, 6.45) is 3.51. The summed E-state index contributed by atoms with van der Waals surface area (Å²) in [5.41, 5.74) is 11.5. The summed E-state index contributed by atoms with van der Waals surface area (Å²) in [4.78, 5) is 4.87. The molecule has 1 aromatic heterocycles. The summed E-state index contributed by atoms with van der Waals surface area (Å²) in [6.45, 7) is 2.20. The minimum absolute atomic E-state index is 0.600. The third-order valence-corrected chi connectivity index (χ3v) is 4.26. The molecule has 0 atom stereocenters. The lowest BCUT2D eigenvalue weighted by molar-refractivity contribution is 0.885. The molecule has 0 unspecified atom stereocenters. The van der Waals surface area contributed by atoms with E-state index in [2.05, 4.69) is 41.8 Å². The maximum Gasteiger partial charge on any atom is 0.117 e. The Morgan fingerprint density at radius 3 is 2.76 bits per heavy atom. The van der Waals surface area contributed by atoms with Crippen molar-refractivity contribution < 1.29 is 0 Å². The van der Waals surface area contributed by atoms with Crippen LogP contribution >= 0.6 is 0 Å². The molecule has 3 nitrogen and oxygen atoms in total. The van der Waals surface area contributed by atoms with Crippen molar-refractivity contribution in [3.8, 4) is 5.69 Å². The fourth-order valence-electron chi connectivity index (χ4n) is 3.01. The van der Waals surface area contributed by atoms with Crippen LogP contribution < -0.4 is 5.73 Å². The Hall–Kier alpha value is -2.29. The molecule has 1 aliphatic rings. The second-order valence-electron chi connectivity index (χ2n) is 5.81. The van der Waals surface area contributed by atoms with Crippen LogP contribution in [-0.4, -0.2) is 9.55 Å². The number of para-hydroxylation sites is 1. The Balaban J connectivity index is 2.04. The summed E-state index contributed by atoms with van der Waals surface area (Å²) in [7, 11) is 0. The first-order valence-electron chi connectivity index (χ1n) is 7.64. The average molecular weight is 277 g/mol. The molecule has 4 rings (SSSR count). The number of nitrogens with two attached hydrogens (primary N) is 1. The van der Waals surface area contributed by atoms with Crippen molar-refractivity contribution in [2.24, 2.45) is 0 Å². The first-order chi connectivity index (χ1) is 10.3. The van der Waals surface area contributed by atoms with E-state index < -0.39 is 0 Å². The lowest BCUT2D eigenvalue weighted by Gasteiger charge is -2.13. The highest BCUT2D eigenvalue weighted by atomic mass is 15.1. The summed E-state index contributed by atoms with van der Waals surface area (Å²) < 4.78 is 2.34. The summed E-state index contributed by atoms with van der Waals surface area (Å²) >= 11 is 0. The number of hydrogen-bond acceptors (Lipinski definition) is 2. The van der Waals surface area contributed by atoms with Crippen LogP contribution in [0.4, 0.5) is 5.69 Å². The Morgan fingerprint density at radius 1 is 1.19 bits per heavy atom. The van der Waals surface area contributed by atoms with Crippen LogP contribution in [-0.2, 0) is 6.42 Å². The Morgan fingerprint density at radius 2 is 2.00 bits per heavy atom. The van der Waals surface area contributed by atoms with E-state index in [9.17, 15) is 0 Å². The number of anilines is 1. The van der Waals surface area contributed by atoms with Gasteiger partial charge in [-0.05, 0) is 49.1 Å². The van der Waals surface area contributed by atoms with E-state index >= 15 is 0 Å². The van der Waals surface area contributed by atoms with E-state index in [1.165, 1.54) is 29.9 Å². The zero-order valence-corrected chi connectivity index (χ0v) is 12.2. The number of nitrogens with zero attached hydrogens (tertiary/aromatic N) is 2. The number of fused-ring (bicyclic) bond motifs is 1. The number of hydrogen-bond donors (Lipinski definition) is 1. The van der Waals surface area contributed by atoms with E-state index in [4.69, 9.17) is 10.7 Å². The van der Waals surface area contributed by atoms with E-state index in [1.54, 1.807) is 0 Å². The van der Waals surface area contributed by atoms with E-state index in [1.807, 2.05) is 12.1 Å². The molecular formula is C18H19N3. The highest BCUT2D eigenvalue weighted by Crippen LogP contribution is 2.42. The molecule has 0 aliphatic heterocycles. The number of aryl methyl sites for hydroxylation is 1. The quantitative estimate of drug-likeness (QED) is 0.734. The molecule has 1 aliphatic carbocycles. The highest BCUT2D eigenvalue weighted by molar-refractivity contribution is 5.82. The molecule has 0 radical (unpaired) electrons. The number of nitrogen functional groups attached to an aromatic ring is 1. The van der Waals surface area contributed by atoms with Gasteiger partial charge in [0, 0.05) is 11.6 Å². The van der Waals surface area contributed by atoms with Gasteiger partial charge < -0.3 is 5.73 Å². The normalized spacial score (nSPS) is 14.7. The van der Waals surface area contributed by atoms with Crippen molar-refractivity contribution in [3.63, 3.8) is 0 Å². The van der Waals surface area contributed by atoms with Crippen LogP contribution in [0.2, 0.25) is 0 Å². The summed E-state index contributed by atoms with van der Waals surface area (Å²) in [5.74, 6) is 1.79. The molecular weight excluding hydrogens is 258 g/mol. The molecule has 2 aromatic carbocycles. The molecule has 0 bridgehead atoms. The van der Waals surface area contributed by atoms with E-state index in [-0.39, 0.29) is 0 Å². The maximum atomic E-state index is 5.92. The maximum absolute atomic E-state index is 5.92. The van der Waals surface area contributed by atoms with Crippen LogP contribution in [0.25, 0.3) is 16.7 Å². The van der Waals surface area contributed by atoms with Gasteiger partial charge in [-0.1, -0.05) is 25.1 Å². The minimum atomic E-state index is 0.600. The molecule has 3 aromatic rings. The van der Waals surface area contributed by atoms with Gasteiger partial charge in [-0.25, -0.2) is 4.98 Å². The second kappa shape index (κ2) is 4.62. The first kappa shape index (κ1) is 12.5. The molecule has 0 spiro atoms. The SMILES string of the molecule is CCc1ccccc1-n1c(C2CC2)nc2cc(N)ccc21. The van der Waals surface area contributed by atoms with Crippen molar-refractivity contribution in [1.29, 1.82) is 0 Å². The van der Waals surface area contributed by atoms with Gasteiger partial charge in [-0.2, -0.15) is 0 Å². The number of imidazole rings is 1. The van der Waals surface area contributed by atoms with Crippen molar-refractivity contribution in [3.05, 3.63) is 53.9 Å². The number of benzene rings is 2. The summed E-state index contributed by atoms with van der Waals surface area (Å²) in [5, 5.41) is 0. The first-order valence-corrected chi connectivity index (χ1v) is 7.64. The highest BCUT2D eigenvalue weighted by Gasteiger charge is 2.30. The third kappa shape index (κ3) is 2.00. The zero-order valence-electron chi connectivity index (χ0n) is 12.2. The average Bonchev–Trinajstić information content (AvgIpc) is 3.28. The molecule has 0 saturated heterocycles. The van der Waals surface area contributed by atoms with E-state index in [0.717, 1.165) is 23.1 Å². The van der Waals surface area contributed by atoms with Crippen molar-refractivity contribution in [2.75, 3.05) is 5.73 Å². The molecule has 1 saturated carbocycles. The lowest BCUT2D eigenvalue weighted by Crippen LogP contribution is -2.03. The van der Waals surface area contributed by atoms with Gasteiger partial charge in [0.2, 0.25) is 0 Å². The van der Waals surface area contributed by atoms with Crippen LogP contribution in [0, 0.1) is 0 Å². The molecule has 21 heavy (non-hydrogen) atoms. The van der Waals surface area contributed by atoms with E-state index in [0.29, 0.717) is 5.92 Å². The molecule has 2 N–H and O–H groups in total. The number of aromatic nitrogens is 2. The molecule has 3 heteroatoms. The van der Waals surface area contributed by atoms with Gasteiger partial charge >= 0.3 is 0 Å². The summed E-state index contributed by atoms with van der Waals surface area (Å²) in [6, 6.07) is 14.6. The van der Waals surface area contributed by atoms with Gasteiger partial charge in [0.05, 0.1) is 16.7 Å². The molecule has 1 heterocycles. The fraction of sp³-hybridized carbons (Fsp3) is 0.278. The zero-order chi connectivity index (χ0) is 14.4. The van der Waals surface area contributed by atoms with Crippen molar-refractivity contribution >= 4 is 16.7 Å². The Bertz CT molecular complexity index is 812. The van der Waals surface area contributed by atoms with Crippen LogP contribution in [0.5, 0.6) is 0 Å². The molecule has 0 amide bonds. The van der Waals surface area contributed by atoms with Gasteiger partial charge in [0.25, 0.3) is 0 Å². The van der Waals surface area contributed by atoms with Gasteiger partial charge in [-0.3, -0.25) is 4.57 Å². The van der Waals surface area contributed by atoms with Gasteiger partial charge in [0.15, 0.2) is 0 Å². The van der Waals surface area contributed by atoms with Gasteiger partial charge in [-0.15, -0.1) is 0 Å². The Kier molecular flexibility index (Phi) is 2.74. The number of rotatable bonds is 3. The van der Waals surface area contributed by atoms with Crippen LogP contribution in [0.1, 0.15) is 37.1 Å². The van der Waals surface area contributed by atoms with Crippen molar-refractivity contribution in [1.82, 2.24) is 9.55 Å². The minimum Gasteiger partial charge on any atom is -0.399 e. The predicted octanol–water partition coefficient (Wildman–Crippen LogP) is 4.05. The van der Waals surface area contributed by atoms with Crippen LogP contribution in [0.15, 0.2) is 42.5 Å². The standard InChI is InChI=1S/C18H19N3/c1-2-12-5-3-4-6-16(12)21-17-10-9-14(19)11-15(17)20-18(21)13-7-8-13/h3-6,9-11,13H,2,7-8,19H2,1H3. The lowest BCUT2D eigenvalue weighted by atomic mass is 10.1. The second-order valence-corrected chi connectivity index (χ2v) is 5.81. The predicted molar refractivity (Wildman–Crippen MR) is 86.8 cm³/mol. The monoisotopic (exact) mass is 277 g/mol. The fourth-order valence-corrected chi connectivity index (χ4v) is 3.01.